The van der Waals surface area contributed by atoms with Crippen LogP contribution in [0.2, 0.25) is 0 Å². The van der Waals surface area contributed by atoms with Crippen molar-refractivity contribution in [2.45, 2.75) is 92.9 Å². The lowest BCUT2D eigenvalue weighted by Crippen LogP contribution is -2.19. The van der Waals surface area contributed by atoms with Crippen molar-refractivity contribution in [3.05, 3.63) is 23.3 Å². The minimum Gasteiger partial charge on any atom is -0.462 e. The average molecular weight is 395 g/mol. The lowest BCUT2D eigenvalue weighted by Gasteiger charge is -2.17. The van der Waals surface area contributed by atoms with Gasteiger partial charge in [0.2, 0.25) is 0 Å². The van der Waals surface area contributed by atoms with E-state index < -0.39 is 11.9 Å². The second kappa shape index (κ2) is 16.4. The van der Waals surface area contributed by atoms with Gasteiger partial charge < -0.3 is 9.47 Å². The number of hydrogen-bond donors (Lipinski definition) is 0. The standard InChI is InChI=1S/C24H42O4/c1-7-13-15-19(9-3)17-21(23(25)27-11-5)22(24(26)28-12-6)18-20(10-4)16-14-8-2/h17-20H,7-16H2,1-6H3. The molecule has 4 heteroatoms. The summed E-state index contributed by atoms with van der Waals surface area (Å²) in [5, 5.41) is 0. The summed E-state index contributed by atoms with van der Waals surface area (Å²) in [5.41, 5.74) is 0.747. The van der Waals surface area contributed by atoms with E-state index in [1.54, 1.807) is 13.8 Å². The number of carbonyl (C=O) groups excluding carboxylic acids is 2. The highest BCUT2D eigenvalue weighted by Gasteiger charge is 2.25. The van der Waals surface area contributed by atoms with Crippen LogP contribution in [-0.4, -0.2) is 25.2 Å². The van der Waals surface area contributed by atoms with Gasteiger partial charge in [0.25, 0.3) is 0 Å². The van der Waals surface area contributed by atoms with Crippen molar-refractivity contribution in [2.24, 2.45) is 11.8 Å². The average Bonchev–Trinajstić information content (AvgIpc) is 2.69. The molecular weight excluding hydrogens is 352 g/mol. The zero-order chi connectivity index (χ0) is 21.4. The first-order valence-corrected chi connectivity index (χ1v) is 11.3. The highest BCUT2D eigenvalue weighted by atomic mass is 16.5. The predicted octanol–water partition coefficient (Wildman–Crippen LogP) is 6.40. The third-order valence-electron chi connectivity index (χ3n) is 4.99. The molecule has 0 bridgehead atoms. The van der Waals surface area contributed by atoms with Crippen molar-refractivity contribution >= 4 is 11.9 Å². The van der Waals surface area contributed by atoms with Gasteiger partial charge in [-0.15, -0.1) is 0 Å². The molecule has 0 saturated heterocycles. The van der Waals surface area contributed by atoms with Crippen molar-refractivity contribution < 1.29 is 19.1 Å². The summed E-state index contributed by atoms with van der Waals surface area (Å²) >= 11 is 0. The molecule has 0 heterocycles. The van der Waals surface area contributed by atoms with Crippen LogP contribution in [0.4, 0.5) is 0 Å². The highest BCUT2D eigenvalue weighted by Crippen LogP contribution is 2.25. The van der Waals surface area contributed by atoms with E-state index >= 15 is 0 Å². The van der Waals surface area contributed by atoms with E-state index in [1.807, 2.05) is 12.2 Å². The molecule has 4 nitrogen and oxygen atoms in total. The van der Waals surface area contributed by atoms with Crippen LogP contribution in [0.15, 0.2) is 23.3 Å². The van der Waals surface area contributed by atoms with Gasteiger partial charge >= 0.3 is 11.9 Å². The summed E-state index contributed by atoms with van der Waals surface area (Å²) in [4.78, 5) is 25.5. The molecule has 0 aromatic rings. The maximum absolute atomic E-state index is 12.8. The minimum absolute atomic E-state index is 0.243. The lowest BCUT2D eigenvalue weighted by atomic mass is 9.90. The molecule has 0 N–H and O–H groups in total. The zero-order valence-electron chi connectivity index (χ0n) is 19.0. The fourth-order valence-corrected chi connectivity index (χ4v) is 3.17. The van der Waals surface area contributed by atoms with Crippen LogP contribution in [0.1, 0.15) is 92.9 Å². The van der Waals surface area contributed by atoms with Gasteiger partial charge in [-0.1, -0.05) is 65.5 Å². The maximum atomic E-state index is 12.8. The van der Waals surface area contributed by atoms with Gasteiger partial charge in [0, 0.05) is 0 Å². The maximum Gasteiger partial charge on any atom is 0.338 e. The first-order valence-electron chi connectivity index (χ1n) is 11.3. The molecule has 2 atom stereocenters. The van der Waals surface area contributed by atoms with Crippen LogP contribution in [0, 0.1) is 11.8 Å². The molecule has 0 aliphatic carbocycles. The fourth-order valence-electron chi connectivity index (χ4n) is 3.17. The minimum atomic E-state index is -0.429. The van der Waals surface area contributed by atoms with E-state index in [2.05, 4.69) is 27.7 Å². The molecule has 0 aromatic heterocycles. The van der Waals surface area contributed by atoms with Gasteiger partial charge in [0.1, 0.15) is 0 Å². The Morgan fingerprint density at radius 3 is 1.29 bits per heavy atom. The molecule has 0 aliphatic heterocycles. The Morgan fingerprint density at radius 2 is 1.04 bits per heavy atom. The first kappa shape index (κ1) is 26.4. The Morgan fingerprint density at radius 1 is 0.679 bits per heavy atom. The molecule has 2 unspecified atom stereocenters. The quantitative estimate of drug-likeness (QED) is 0.183. The first-order chi connectivity index (χ1) is 13.5. The molecule has 28 heavy (non-hydrogen) atoms. The smallest absolute Gasteiger partial charge is 0.338 e. The van der Waals surface area contributed by atoms with Crippen LogP contribution in [0.25, 0.3) is 0 Å². The summed E-state index contributed by atoms with van der Waals surface area (Å²) in [6, 6.07) is 0. The summed E-state index contributed by atoms with van der Waals surface area (Å²) in [5.74, 6) is -0.370. The third-order valence-corrected chi connectivity index (χ3v) is 4.99. The number of unbranched alkanes of at least 4 members (excludes halogenated alkanes) is 2. The van der Waals surface area contributed by atoms with Crippen LogP contribution in [0.5, 0.6) is 0 Å². The Balaban J connectivity index is 6.11. The van der Waals surface area contributed by atoms with Gasteiger partial charge in [-0.2, -0.15) is 0 Å². The van der Waals surface area contributed by atoms with E-state index in [0.717, 1.165) is 51.4 Å². The normalized spacial score (nSPS) is 14.5. The van der Waals surface area contributed by atoms with Crippen LogP contribution < -0.4 is 0 Å². The predicted molar refractivity (Wildman–Crippen MR) is 116 cm³/mol. The SMILES string of the molecule is CCCCC(C=C(C(=O)OCC)C(=CC(CC)CCCC)C(=O)OCC)CC. The second-order valence-corrected chi connectivity index (χ2v) is 7.22. The topological polar surface area (TPSA) is 52.6 Å². The monoisotopic (exact) mass is 394 g/mol. The van der Waals surface area contributed by atoms with Gasteiger partial charge in [-0.3, -0.25) is 0 Å². The Labute approximate surface area is 172 Å². The van der Waals surface area contributed by atoms with E-state index in [1.165, 1.54) is 0 Å². The number of carbonyl (C=O) groups is 2. The molecule has 0 amide bonds. The molecule has 0 fully saturated rings. The van der Waals surface area contributed by atoms with E-state index in [-0.39, 0.29) is 25.0 Å². The molecule has 0 saturated carbocycles. The van der Waals surface area contributed by atoms with Crippen LogP contribution in [-0.2, 0) is 19.1 Å². The molecule has 162 valence electrons. The van der Waals surface area contributed by atoms with E-state index in [4.69, 9.17) is 9.47 Å². The second-order valence-electron chi connectivity index (χ2n) is 7.22. The molecule has 0 radical (unpaired) electrons. The van der Waals surface area contributed by atoms with Crippen molar-refractivity contribution in [1.29, 1.82) is 0 Å². The largest absolute Gasteiger partial charge is 0.462 e. The summed E-state index contributed by atoms with van der Waals surface area (Å²) < 4.78 is 10.6. The molecule has 0 rings (SSSR count). The molecule has 0 aromatic carbocycles. The molecular formula is C24H42O4. The third kappa shape index (κ3) is 10.1. The number of esters is 2. The van der Waals surface area contributed by atoms with Crippen molar-refractivity contribution in [2.75, 3.05) is 13.2 Å². The van der Waals surface area contributed by atoms with Crippen LogP contribution >= 0.6 is 0 Å². The Hall–Kier alpha value is -1.58. The van der Waals surface area contributed by atoms with E-state index in [9.17, 15) is 9.59 Å². The fraction of sp³-hybridized carbons (Fsp3) is 0.750. The van der Waals surface area contributed by atoms with Crippen molar-refractivity contribution in [1.82, 2.24) is 0 Å². The van der Waals surface area contributed by atoms with Gasteiger partial charge in [-0.25, -0.2) is 9.59 Å². The molecule has 0 aliphatic rings. The Bertz CT molecular complexity index is 459. The van der Waals surface area contributed by atoms with Gasteiger partial charge in [-0.05, 0) is 51.4 Å². The van der Waals surface area contributed by atoms with Gasteiger partial charge in [0.15, 0.2) is 0 Å². The number of ether oxygens (including phenoxy) is 2. The van der Waals surface area contributed by atoms with Crippen molar-refractivity contribution in [3.8, 4) is 0 Å². The van der Waals surface area contributed by atoms with Crippen LogP contribution in [0.3, 0.4) is 0 Å². The number of hydrogen-bond acceptors (Lipinski definition) is 4. The lowest BCUT2D eigenvalue weighted by molar-refractivity contribution is -0.142. The van der Waals surface area contributed by atoms with Gasteiger partial charge in [0.05, 0.1) is 24.4 Å². The number of rotatable bonds is 15. The summed E-state index contributed by atoms with van der Waals surface area (Å²) in [7, 11) is 0. The summed E-state index contributed by atoms with van der Waals surface area (Å²) in [6.07, 6.45) is 12.1. The zero-order valence-corrected chi connectivity index (χ0v) is 19.0. The summed E-state index contributed by atoms with van der Waals surface area (Å²) in [6.45, 7) is 12.7. The van der Waals surface area contributed by atoms with Crippen molar-refractivity contribution in [3.63, 3.8) is 0 Å². The highest BCUT2D eigenvalue weighted by molar-refractivity contribution is 6.07. The van der Waals surface area contributed by atoms with E-state index in [0.29, 0.717) is 11.1 Å². The molecule has 0 spiro atoms. The number of allylic oxidation sites excluding steroid dienone is 2. The Kier molecular flexibility index (Phi) is 15.5.